The Hall–Kier alpha value is -0.160. The largest absolute Gasteiger partial charge is 0.347 e. The van der Waals surface area contributed by atoms with Gasteiger partial charge in [0.1, 0.15) is 0 Å². The van der Waals surface area contributed by atoms with E-state index in [0.717, 1.165) is 45.1 Å². The van der Waals surface area contributed by atoms with Crippen LogP contribution in [0.2, 0.25) is 0 Å². The number of ether oxygens (including phenoxy) is 2. The molecule has 0 amide bonds. The van der Waals surface area contributed by atoms with Gasteiger partial charge in [-0.15, -0.1) is 0 Å². The van der Waals surface area contributed by atoms with Crippen LogP contribution in [0.4, 0.5) is 0 Å². The van der Waals surface area contributed by atoms with Crippen LogP contribution in [0.15, 0.2) is 0 Å². The van der Waals surface area contributed by atoms with Crippen molar-refractivity contribution in [1.29, 1.82) is 0 Å². The van der Waals surface area contributed by atoms with E-state index in [4.69, 9.17) is 9.47 Å². The van der Waals surface area contributed by atoms with Crippen molar-refractivity contribution < 1.29 is 9.47 Å². The predicted octanol–water partition coefficient (Wildman–Crippen LogP) is 2.52. The second-order valence-electron chi connectivity index (χ2n) is 7.04. The number of hydrogen-bond acceptors (Lipinski definition) is 4. The SMILES string of the molecule is CCNC1CCC2(CC1N(C)C1CCCCC1)OCCO2. The van der Waals surface area contributed by atoms with Gasteiger partial charge in [0.05, 0.1) is 13.2 Å². The molecule has 21 heavy (non-hydrogen) atoms. The van der Waals surface area contributed by atoms with Gasteiger partial charge >= 0.3 is 0 Å². The highest BCUT2D eigenvalue weighted by Gasteiger charge is 2.46. The predicted molar refractivity (Wildman–Crippen MR) is 84.4 cm³/mol. The van der Waals surface area contributed by atoms with E-state index in [-0.39, 0.29) is 5.79 Å². The molecule has 1 aliphatic heterocycles. The minimum absolute atomic E-state index is 0.278. The molecule has 1 saturated heterocycles. The van der Waals surface area contributed by atoms with Gasteiger partial charge in [0, 0.05) is 31.0 Å². The molecular weight excluding hydrogens is 264 g/mol. The minimum atomic E-state index is -0.278. The molecule has 2 atom stereocenters. The summed E-state index contributed by atoms with van der Waals surface area (Å²) in [6.45, 7) is 4.80. The third kappa shape index (κ3) is 3.44. The first-order valence-corrected chi connectivity index (χ1v) is 8.97. The standard InChI is InChI=1S/C17H32N2O2/c1-3-18-15-9-10-17(20-11-12-21-17)13-16(15)19(2)14-7-5-4-6-8-14/h14-16,18H,3-13H2,1-2H3. The van der Waals surface area contributed by atoms with E-state index in [0.29, 0.717) is 12.1 Å². The summed E-state index contributed by atoms with van der Waals surface area (Å²) < 4.78 is 12.0. The molecule has 3 fully saturated rings. The second kappa shape index (κ2) is 6.95. The van der Waals surface area contributed by atoms with Crippen molar-refractivity contribution in [3.63, 3.8) is 0 Å². The summed E-state index contributed by atoms with van der Waals surface area (Å²) in [5, 5.41) is 3.71. The Balaban J connectivity index is 1.69. The van der Waals surface area contributed by atoms with E-state index >= 15 is 0 Å². The lowest BCUT2D eigenvalue weighted by Gasteiger charge is -2.48. The quantitative estimate of drug-likeness (QED) is 0.864. The Kier molecular flexibility index (Phi) is 5.20. The maximum absolute atomic E-state index is 6.00. The van der Waals surface area contributed by atoms with Gasteiger partial charge in [0.25, 0.3) is 0 Å². The zero-order valence-electron chi connectivity index (χ0n) is 13.8. The number of hydrogen-bond donors (Lipinski definition) is 1. The van der Waals surface area contributed by atoms with Crippen LogP contribution in [-0.2, 0) is 9.47 Å². The Morgan fingerprint density at radius 2 is 1.81 bits per heavy atom. The fourth-order valence-electron chi connectivity index (χ4n) is 4.58. The minimum Gasteiger partial charge on any atom is -0.347 e. The first-order chi connectivity index (χ1) is 10.2. The lowest BCUT2D eigenvalue weighted by Crippen LogP contribution is -2.59. The third-order valence-electron chi connectivity index (χ3n) is 5.77. The molecule has 2 saturated carbocycles. The van der Waals surface area contributed by atoms with E-state index in [9.17, 15) is 0 Å². The molecule has 3 rings (SSSR count). The van der Waals surface area contributed by atoms with Crippen LogP contribution >= 0.6 is 0 Å². The molecule has 0 aromatic carbocycles. The van der Waals surface area contributed by atoms with E-state index in [1.54, 1.807) is 0 Å². The van der Waals surface area contributed by atoms with Gasteiger partial charge < -0.3 is 14.8 Å². The maximum atomic E-state index is 6.00. The molecule has 4 nitrogen and oxygen atoms in total. The van der Waals surface area contributed by atoms with Gasteiger partial charge in [0.2, 0.25) is 0 Å². The highest BCUT2D eigenvalue weighted by atomic mass is 16.7. The summed E-state index contributed by atoms with van der Waals surface area (Å²) in [4.78, 5) is 2.65. The van der Waals surface area contributed by atoms with Crippen LogP contribution in [0.25, 0.3) is 0 Å². The number of nitrogens with one attached hydrogen (secondary N) is 1. The smallest absolute Gasteiger partial charge is 0.170 e. The van der Waals surface area contributed by atoms with E-state index in [1.165, 1.54) is 32.1 Å². The van der Waals surface area contributed by atoms with E-state index in [1.807, 2.05) is 0 Å². The first-order valence-electron chi connectivity index (χ1n) is 8.97. The topological polar surface area (TPSA) is 33.7 Å². The molecule has 1 spiro atoms. The van der Waals surface area contributed by atoms with Crippen LogP contribution in [0.5, 0.6) is 0 Å². The molecule has 0 aromatic rings. The first kappa shape index (κ1) is 15.7. The van der Waals surface area contributed by atoms with Crippen LogP contribution < -0.4 is 5.32 Å². The van der Waals surface area contributed by atoms with Gasteiger partial charge in [-0.05, 0) is 32.9 Å². The highest BCUT2D eigenvalue weighted by molar-refractivity contribution is 4.97. The third-order valence-corrected chi connectivity index (χ3v) is 5.77. The summed E-state index contributed by atoms with van der Waals surface area (Å²) in [5.74, 6) is -0.278. The van der Waals surface area contributed by atoms with Crippen LogP contribution in [0.1, 0.15) is 58.3 Å². The lowest BCUT2D eigenvalue weighted by molar-refractivity contribution is -0.194. The fraction of sp³-hybridized carbons (Fsp3) is 1.00. The Labute approximate surface area is 129 Å². The zero-order chi connectivity index (χ0) is 14.7. The van der Waals surface area contributed by atoms with Crippen molar-refractivity contribution in [1.82, 2.24) is 10.2 Å². The molecule has 3 aliphatic rings. The normalized spacial score (nSPS) is 33.9. The van der Waals surface area contributed by atoms with Gasteiger partial charge in [-0.1, -0.05) is 26.2 Å². The summed E-state index contributed by atoms with van der Waals surface area (Å²) in [5.41, 5.74) is 0. The molecule has 0 bridgehead atoms. The molecule has 1 N–H and O–H groups in total. The van der Waals surface area contributed by atoms with Crippen molar-refractivity contribution in [3.05, 3.63) is 0 Å². The maximum Gasteiger partial charge on any atom is 0.170 e. The summed E-state index contributed by atoms with van der Waals surface area (Å²) >= 11 is 0. The molecule has 0 radical (unpaired) electrons. The Morgan fingerprint density at radius 1 is 1.10 bits per heavy atom. The van der Waals surface area contributed by atoms with Crippen LogP contribution in [-0.4, -0.2) is 55.6 Å². The van der Waals surface area contributed by atoms with Gasteiger partial charge in [-0.25, -0.2) is 0 Å². The monoisotopic (exact) mass is 296 g/mol. The molecule has 2 unspecified atom stereocenters. The number of likely N-dealkylation sites (N-methyl/N-ethyl adjacent to an activating group) is 2. The van der Waals surface area contributed by atoms with Crippen molar-refractivity contribution in [2.45, 2.75) is 82.2 Å². The molecule has 4 heteroatoms. The second-order valence-corrected chi connectivity index (χ2v) is 7.04. The molecule has 0 aromatic heterocycles. The summed E-state index contributed by atoms with van der Waals surface area (Å²) in [6, 6.07) is 1.88. The highest BCUT2D eigenvalue weighted by Crippen LogP contribution is 2.39. The Bertz CT molecular complexity index is 325. The van der Waals surface area contributed by atoms with Crippen LogP contribution in [0, 0.1) is 0 Å². The average Bonchev–Trinajstić information content (AvgIpc) is 2.98. The summed E-state index contributed by atoms with van der Waals surface area (Å²) in [6.07, 6.45) is 10.2. The van der Waals surface area contributed by atoms with E-state index in [2.05, 4.69) is 24.2 Å². The van der Waals surface area contributed by atoms with Crippen molar-refractivity contribution >= 4 is 0 Å². The molecule has 2 aliphatic carbocycles. The van der Waals surface area contributed by atoms with Gasteiger partial charge in [0.15, 0.2) is 5.79 Å². The van der Waals surface area contributed by atoms with E-state index < -0.39 is 0 Å². The average molecular weight is 296 g/mol. The van der Waals surface area contributed by atoms with Gasteiger partial charge in [-0.3, -0.25) is 4.90 Å². The molecule has 1 heterocycles. The van der Waals surface area contributed by atoms with Gasteiger partial charge in [-0.2, -0.15) is 0 Å². The lowest BCUT2D eigenvalue weighted by atomic mass is 9.82. The zero-order valence-corrected chi connectivity index (χ0v) is 13.8. The number of rotatable bonds is 4. The molecular formula is C17H32N2O2. The summed E-state index contributed by atoms with van der Waals surface area (Å²) in [7, 11) is 2.33. The van der Waals surface area contributed by atoms with Crippen molar-refractivity contribution in [2.75, 3.05) is 26.8 Å². The van der Waals surface area contributed by atoms with Crippen molar-refractivity contribution in [3.8, 4) is 0 Å². The fourth-order valence-corrected chi connectivity index (χ4v) is 4.58. The molecule has 122 valence electrons. The van der Waals surface area contributed by atoms with Crippen molar-refractivity contribution in [2.24, 2.45) is 0 Å². The van der Waals surface area contributed by atoms with Crippen LogP contribution in [0.3, 0.4) is 0 Å². The Morgan fingerprint density at radius 3 is 2.48 bits per heavy atom. The number of nitrogens with zero attached hydrogens (tertiary/aromatic N) is 1.